The molecule has 0 N–H and O–H groups in total. The Hall–Kier alpha value is -0.227. The minimum Gasteiger partial charge on any atom is -1.00 e. The smallest absolute Gasteiger partial charge is 1.00 e. The monoisotopic (exact) mass is 650 g/mol. The summed E-state index contributed by atoms with van der Waals surface area (Å²) in [6.45, 7) is -0.181. The molecule has 0 aliphatic carbocycles. The number of carbonyl (C=O) groups is 1. The Labute approximate surface area is 333 Å². The average Bonchev–Trinajstić information content (AvgIpc) is 2.93. The molecule has 12 heteroatoms. The zero-order chi connectivity index (χ0) is 27.5. The van der Waals surface area contributed by atoms with E-state index in [1.54, 1.807) is 11.8 Å². The van der Waals surface area contributed by atoms with Crippen molar-refractivity contribution in [3.63, 3.8) is 0 Å². The van der Waals surface area contributed by atoms with Crippen molar-refractivity contribution < 1.29 is 124 Å². The molecule has 0 radical (unpaired) electrons. The van der Waals surface area contributed by atoms with Crippen molar-refractivity contribution >= 4 is 54.1 Å². The van der Waals surface area contributed by atoms with E-state index < -0.39 is 0 Å². The Balaban J connectivity index is -0.000000493. The standard InChI is InChI=1S/C13H8ClNS.C7H4FN.C6H5ClS.CH2O3.2K.H/c14-11-3-7-13(8-4-11)16-12-5-1-10(9-15)2-6-12;8-7-3-1-6(5-9)2-4-7;7-5-1-3-6(8)4-2-5;2-1-4-3;;;/h1-8H;1-4H;1-4,8H;1,3H;;;/q;;;;2*+1;-1/p-1. The van der Waals surface area contributed by atoms with Crippen molar-refractivity contribution in [3.8, 4) is 12.1 Å². The third-order valence-electron chi connectivity index (χ3n) is 3.87. The van der Waals surface area contributed by atoms with E-state index in [2.05, 4.69) is 23.6 Å². The van der Waals surface area contributed by atoms with Gasteiger partial charge in [-0.05, 0) is 97.1 Å². The van der Waals surface area contributed by atoms with Gasteiger partial charge >= 0.3 is 103 Å². The number of hydrogen-bond donors (Lipinski definition) is 1. The number of rotatable bonds is 3. The molecule has 0 aromatic heterocycles. The molecule has 0 atom stereocenters. The van der Waals surface area contributed by atoms with E-state index in [1.165, 1.54) is 24.3 Å². The Morgan fingerprint density at radius 1 is 0.769 bits per heavy atom. The largest absolute Gasteiger partial charge is 1.00 e. The minimum absolute atomic E-state index is 0. The molecule has 0 unspecified atom stereocenters. The summed E-state index contributed by atoms with van der Waals surface area (Å²) in [6, 6.07) is 31.9. The number of halogens is 3. The van der Waals surface area contributed by atoms with Gasteiger partial charge in [0.05, 0.1) is 23.3 Å². The molecule has 0 amide bonds. The van der Waals surface area contributed by atoms with Crippen LogP contribution in [0, 0.1) is 28.5 Å². The number of benzene rings is 4. The topological polar surface area (TPSA) is 96.9 Å². The first-order chi connectivity index (χ1) is 17.8. The van der Waals surface area contributed by atoms with E-state index in [-0.39, 0.29) is 116 Å². The molecule has 0 fully saturated rings. The molecular weight excluding hydrogens is 633 g/mol. The second kappa shape index (κ2) is 25.5. The van der Waals surface area contributed by atoms with Gasteiger partial charge in [-0.15, -0.1) is 12.6 Å². The summed E-state index contributed by atoms with van der Waals surface area (Å²) in [5.74, 6) is -0.311. The molecule has 190 valence electrons. The summed E-state index contributed by atoms with van der Waals surface area (Å²) in [6.07, 6.45) is 0. The molecule has 0 heterocycles. The molecule has 4 rings (SSSR count). The van der Waals surface area contributed by atoms with Gasteiger partial charge in [-0.2, -0.15) is 10.5 Å². The van der Waals surface area contributed by atoms with Crippen molar-refractivity contribution in [1.29, 1.82) is 10.5 Å². The molecule has 4 aromatic carbocycles. The van der Waals surface area contributed by atoms with E-state index in [4.69, 9.17) is 43.8 Å². The Kier molecular flexibility index (Phi) is 26.7. The van der Waals surface area contributed by atoms with Crippen molar-refractivity contribution in [3.05, 3.63) is 124 Å². The SMILES string of the molecule is N#Cc1ccc(F)cc1.N#Cc1ccc(Sc2ccc(Cl)cc2)cc1.O=CO[O-].Sc1ccc(Cl)cc1.[H-].[K+].[K+]. The van der Waals surface area contributed by atoms with Crippen LogP contribution < -0.4 is 108 Å². The summed E-state index contributed by atoms with van der Waals surface area (Å²) in [5, 5.41) is 26.9. The van der Waals surface area contributed by atoms with Gasteiger partial charge in [0.1, 0.15) is 5.82 Å². The fourth-order valence-corrected chi connectivity index (χ4v) is 3.42. The van der Waals surface area contributed by atoms with Crippen LogP contribution in [-0.2, 0) is 9.68 Å². The van der Waals surface area contributed by atoms with E-state index in [0.717, 1.165) is 24.7 Å². The molecule has 0 spiro atoms. The molecule has 0 bridgehead atoms. The molecule has 4 aromatic rings. The molecule has 5 nitrogen and oxygen atoms in total. The molecule has 39 heavy (non-hydrogen) atoms. The predicted molar refractivity (Wildman–Crippen MR) is 145 cm³/mol. The van der Waals surface area contributed by atoms with Crippen LogP contribution in [0.3, 0.4) is 0 Å². The number of nitrogens with zero attached hydrogens (tertiary/aromatic N) is 2. The minimum atomic E-state index is -0.311. The molecule has 0 saturated carbocycles. The van der Waals surface area contributed by atoms with Crippen molar-refractivity contribution in [2.24, 2.45) is 0 Å². The maximum atomic E-state index is 12.1. The maximum Gasteiger partial charge on any atom is 1.00 e. The number of hydrogen-bond acceptors (Lipinski definition) is 7. The summed E-state index contributed by atoms with van der Waals surface area (Å²) in [7, 11) is 0. The fourth-order valence-electron chi connectivity index (χ4n) is 2.20. The van der Waals surface area contributed by atoms with Crippen molar-refractivity contribution in [2.75, 3.05) is 0 Å². The summed E-state index contributed by atoms with van der Waals surface area (Å²) in [5.41, 5.74) is 1.16. The van der Waals surface area contributed by atoms with Crippen LogP contribution >= 0.6 is 47.6 Å². The second-order valence-electron chi connectivity index (χ2n) is 6.48. The van der Waals surface area contributed by atoms with Crippen LogP contribution in [0.5, 0.6) is 0 Å². The van der Waals surface area contributed by atoms with Crippen LogP contribution in [0.25, 0.3) is 0 Å². The third kappa shape index (κ3) is 20.3. The van der Waals surface area contributed by atoms with Crippen molar-refractivity contribution in [1.82, 2.24) is 0 Å². The Bertz CT molecular complexity index is 1290. The maximum absolute atomic E-state index is 12.1. The van der Waals surface area contributed by atoms with E-state index in [9.17, 15) is 4.39 Å². The van der Waals surface area contributed by atoms with Gasteiger partial charge in [-0.1, -0.05) is 35.0 Å². The average molecular weight is 652 g/mol. The van der Waals surface area contributed by atoms with Gasteiger partial charge in [-0.3, -0.25) is 4.79 Å². The fraction of sp³-hybridized carbons (Fsp3) is 0. The van der Waals surface area contributed by atoms with Crippen molar-refractivity contribution in [2.45, 2.75) is 14.7 Å². The normalized spacial score (nSPS) is 8.38. The van der Waals surface area contributed by atoms with Gasteiger partial charge in [-0.25, -0.2) is 4.39 Å². The first-order valence-corrected chi connectivity index (χ1v) is 12.1. The number of carbonyl (C=O) groups excluding carboxylic acids is 1. The van der Waals surface area contributed by atoms with Crippen LogP contribution in [0.2, 0.25) is 10.0 Å². The Morgan fingerprint density at radius 2 is 1.10 bits per heavy atom. The van der Waals surface area contributed by atoms with Crippen LogP contribution in [0.15, 0.2) is 112 Å². The van der Waals surface area contributed by atoms with Gasteiger partial charge < -0.3 is 11.6 Å². The van der Waals surface area contributed by atoms with Crippen LogP contribution in [0.4, 0.5) is 4.39 Å². The van der Waals surface area contributed by atoms with Gasteiger partial charge in [0.25, 0.3) is 6.47 Å². The first kappa shape index (κ1) is 40.9. The first-order valence-electron chi connectivity index (χ1n) is 10.1. The zero-order valence-electron chi connectivity index (χ0n) is 21.9. The summed E-state index contributed by atoms with van der Waals surface area (Å²) >= 11 is 17.1. The number of thiol groups is 1. The summed E-state index contributed by atoms with van der Waals surface area (Å²) < 4.78 is 12.1. The summed E-state index contributed by atoms with van der Waals surface area (Å²) in [4.78, 5) is 14.4. The molecule has 0 saturated heterocycles. The second-order valence-corrected chi connectivity index (χ2v) is 9.02. The molecular formula is C27H19Cl2FK2N2O3S2. The molecule has 0 aliphatic rings. The zero-order valence-corrected chi connectivity index (χ0v) is 30.4. The quantitative estimate of drug-likeness (QED) is 0.118. The van der Waals surface area contributed by atoms with Crippen LogP contribution in [-0.4, -0.2) is 6.47 Å². The number of nitriles is 2. The van der Waals surface area contributed by atoms with Crippen LogP contribution in [0.1, 0.15) is 12.6 Å². The van der Waals surface area contributed by atoms with E-state index in [0.29, 0.717) is 11.1 Å². The third-order valence-corrected chi connectivity index (χ3v) is 5.69. The predicted octanol–water partition coefficient (Wildman–Crippen LogP) is 1.24. The van der Waals surface area contributed by atoms with Gasteiger partial charge in [0.15, 0.2) is 0 Å². The van der Waals surface area contributed by atoms with Gasteiger partial charge in [0, 0.05) is 24.7 Å². The van der Waals surface area contributed by atoms with E-state index >= 15 is 0 Å². The van der Waals surface area contributed by atoms with Gasteiger partial charge in [0.2, 0.25) is 0 Å². The Morgan fingerprint density at radius 3 is 1.44 bits per heavy atom. The molecule has 0 aliphatic heterocycles. The van der Waals surface area contributed by atoms with E-state index in [1.807, 2.05) is 78.9 Å².